The van der Waals surface area contributed by atoms with Gasteiger partial charge in [-0.2, -0.15) is 0 Å². The lowest BCUT2D eigenvalue weighted by molar-refractivity contribution is 0.530. The van der Waals surface area contributed by atoms with Crippen molar-refractivity contribution in [1.29, 1.82) is 0 Å². The fraction of sp³-hybridized carbons (Fsp3) is 0.538. The molecule has 0 aromatic heterocycles. The minimum Gasteiger partial charge on any atom is -0.326 e. The zero-order valence-corrected chi connectivity index (χ0v) is 11.7. The van der Waals surface area contributed by atoms with E-state index in [2.05, 4.69) is 11.6 Å². The van der Waals surface area contributed by atoms with Crippen molar-refractivity contribution in [1.82, 2.24) is 4.72 Å². The van der Waals surface area contributed by atoms with Gasteiger partial charge in [0.15, 0.2) is 0 Å². The van der Waals surface area contributed by atoms with Gasteiger partial charge in [-0.1, -0.05) is 19.1 Å². The predicted molar refractivity (Wildman–Crippen MR) is 71.6 cm³/mol. The zero-order valence-electron chi connectivity index (χ0n) is 10.9. The molecule has 3 N–H and O–H groups in total. The molecular formula is C13H20N2O2S. The SMILES string of the molecule is Cc1cc(CN)ccc1S(=O)(=O)NCC1(C)CC1. The van der Waals surface area contributed by atoms with Gasteiger partial charge in [-0.05, 0) is 42.4 Å². The molecule has 0 heterocycles. The van der Waals surface area contributed by atoms with Crippen LogP contribution in [0.2, 0.25) is 0 Å². The largest absolute Gasteiger partial charge is 0.326 e. The van der Waals surface area contributed by atoms with Gasteiger partial charge < -0.3 is 5.73 Å². The van der Waals surface area contributed by atoms with Gasteiger partial charge in [-0.3, -0.25) is 0 Å². The Kier molecular flexibility index (Phi) is 3.49. The predicted octanol–water partition coefficient (Wildman–Crippen LogP) is 1.53. The van der Waals surface area contributed by atoms with Crippen molar-refractivity contribution in [3.05, 3.63) is 29.3 Å². The van der Waals surface area contributed by atoms with Gasteiger partial charge >= 0.3 is 0 Å². The molecule has 1 fully saturated rings. The fourth-order valence-electron chi connectivity index (χ4n) is 1.88. The van der Waals surface area contributed by atoms with Crippen molar-refractivity contribution in [3.8, 4) is 0 Å². The second-order valence-corrected chi connectivity index (χ2v) is 7.17. The Hall–Kier alpha value is -0.910. The lowest BCUT2D eigenvalue weighted by Crippen LogP contribution is -2.29. The van der Waals surface area contributed by atoms with E-state index in [1.54, 1.807) is 19.1 Å². The lowest BCUT2D eigenvalue weighted by Gasteiger charge is -2.13. The Balaban J connectivity index is 2.18. The number of hydrogen-bond acceptors (Lipinski definition) is 3. The number of nitrogens with one attached hydrogen (secondary N) is 1. The molecular weight excluding hydrogens is 248 g/mol. The molecule has 0 saturated heterocycles. The first kappa shape index (κ1) is 13.5. The average molecular weight is 268 g/mol. The quantitative estimate of drug-likeness (QED) is 0.850. The first-order valence-corrected chi connectivity index (χ1v) is 7.64. The molecule has 1 saturated carbocycles. The summed E-state index contributed by atoms with van der Waals surface area (Å²) in [6.45, 7) is 4.84. The van der Waals surface area contributed by atoms with Crippen molar-refractivity contribution >= 4 is 10.0 Å². The summed E-state index contributed by atoms with van der Waals surface area (Å²) in [6.07, 6.45) is 2.20. The minimum atomic E-state index is -3.40. The zero-order chi connectivity index (χ0) is 13.4. The molecule has 0 spiro atoms. The van der Waals surface area contributed by atoms with E-state index in [4.69, 9.17) is 5.73 Å². The summed E-state index contributed by atoms with van der Waals surface area (Å²) in [5.41, 5.74) is 7.39. The fourth-order valence-corrected chi connectivity index (χ4v) is 3.30. The van der Waals surface area contributed by atoms with Gasteiger partial charge in [-0.15, -0.1) is 0 Å². The molecule has 1 aromatic carbocycles. The van der Waals surface area contributed by atoms with Crippen molar-refractivity contribution in [2.75, 3.05) is 6.54 Å². The summed E-state index contributed by atoms with van der Waals surface area (Å²) in [6, 6.07) is 5.23. The molecule has 0 atom stereocenters. The maximum absolute atomic E-state index is 12.2. The lowest BCUT2D eigenvalue weighted by atomic mass is 10.1. The molecule has 0 bridgehead atoms. The third-order valence-corrected chi connectivity index (χ3v) is 5.12. The molecule has 5 heteroatoms. The second kappa shape index (κ2) is 4.64. The molecule has 0 aliphatic heterocycles. The Bertz CT molecular complexity index is 548. The van der Waals surface area contributed by atoms with Gasteiger partial charge in [-0.25, -0.2) is 13.1 Å². The summed E-state index contributed by atoms with van der Waals surface area (Å²) < 4.78 is 27.1. The molecule has 0 amide bonds. The van der Waals surface area contributed by atoms with E-state index in [1.807, 2.05) is 6.07 Å². The van der Waals surface area contributed by atoms with Crippen molar-refractivity contribution in [2.45, 2.75) is 38.1 Å². The number of sulfonamides is 1. The van der Waals surface area contributed by atoms with Crippen molar-refractivity contribution < 1.29 is 8.42 Å². The molecule has 18 heavy (non-hydrogen) atoms. The number of rotatable bonds is 5. The van der Waals surface area contributed by atoms with Crippen LogP contribution in [0.15, 0.2) is 23.1 Å². The van der Waals surface area contributed by atoms with Gasteiger partial charge in [0.2, 0.25) is 10.0 Å². The number of benzene rings is 1. The Morgan fingerprint density at radius 1 is 1.39 bits per heavy atom. The van der Waals surface area contributed by atoms with Crippen LogP contribution in [0, 0.1) is 12.3 Å². The first-order valence-electron chi connectivity index (χ1n) is 6.16. The van der Waals surface area contributed by atoms with Crippen LogP contribution in [-0.2, 0) is 16.6 Å². The number of aryl methyl sites for hydroxylation is 1. The Morgan fingerprint density at radius 3 is 2.56 bits per heavy atom. The number of nitrogens with two attached hydrogens (primary N) is 1. The van der Waals surface area contributed by atoms with E-state index in [1.165, 1.54) is 0 Å². The van der Waals surface area contributed by atoms with Crippen LogP contribution >= 0.6 is 0 Å². The topological polar surface area (TPSA) is 72.2 Å². The van der Waals surface area contributed by atoms with Crippen molar-refractivity contribution in [3.63, 3.8) is 0 Å². The normalized spacial score (nSPS) is 17.7. The van der Waals surface area contributed by atoms with E-state index < -0.39 is 10.0 Å². The third kappa shape index (κ3) is 2.91. The number of hydrogen-bond donors (Lipinski definition) is 2. The molecule has 4 nitrogen and oxygen atoms in total. The summed E-state index contributed by atoms with van der Waals surface area (Å²) in [5, 5.41) is 0. The monoisotopic (exact) mass is 268 g/mol. The molecule has 1 aromatic rings. The highest BCUT2D eigenvalue weighted by Gasteiger charge is 2.38. The highest BCUT2D eigenvalue weighted by atomic mass is 32.2. The summed E-state index contributed by atoms with van der Waals surface area (Å²) >= 11 is 0. The van der Waals surface area contributed by atoms with Gasteiger partial charge in [0.1, 0.15) is 0 Å². The van der Waals surface area contributed by atoms with Crippen molar-refractivity contribution in [2.24, 2.45) is 11.1 Å². The van der Waals surface area contributed by atoms with Gasteiger partial charge in [0.25, 0.3) is 0 Å². The van der Waals surface area contributed by atoms with Crippen LogP contribution in [0.5, 0.6) is 0 Å². The maximum atomic E-state index is 12.2. The highest BCUT2D eigenvalue weighted by molar-refractivity contribution is 7.89. The molecule has 100 valence electrons. The maximum Gasteiger partial charge on any atom is 0.240 e. The molecule has 0 radical (unpaired) electrons. The summed E-state index contributed by atoms with van der Waals surface area (Å²) in [7, 11) is -3.40. The Labute approximate surface area is 109 Å². The Morgan fingerprint density at radius 2 is 2.06 bits per heavy atom. The van der Waals surface area contributed by atoms with Crippen LogP contribution in [0.3, 0.4) is 0 Å². The molecule has 0 unspecified atom stereocenters. The van der Waals surface area contributed by atoms with E-state index in [9.17, 15) is 8.42 Å². The first-order chi connectivity index (χ1) is 8.36. The van der Waals surface area contributed by atoms with E-state index in [0.29, 0.717) is 18.0 Å². The van der Waals surface area contributed by atoms with Crippen LogP contribution in [0.4, 0.5) is 0 Å². The van der Waals surface area contributed by atoms with Crippen LogP contribution < -0.4 is 10.5 Å². The highest BCUT2D eigenvalue weighted by Crippen LogP contribution is 2.44. The van der Waals surface area contributed by atoms with E-state index in [-0.39, 0.29) is 5.41 Å². The van der Waals surface area contributed by atoms with Crippen LogP contribution in [0.1, 0.15) is 30.9 Å². The van der Waals surface area contributed by atoms with E-state index in [0.717, 1.165) is 24.0 Å². The van der Waals surface area contributed by atoms with E-state index >= 15 is 0 Å². The molecule has 1 aliphatic carbocycles. The average Bonchev–Trinajstić information content (AvgIpc) is 3.05. The van der Waals surface area contributed by atoms with Gasteiger partial charge in [0, 0.05) is 13.1 Å². The van der Waals surface area contributed by atoms with Crippen LogP contribution in [0.25, 0.3) is 0 Å². The minimum absolute atomic E-state index is 0.165. The standard InChI is InChI=1S/C13H20N2O2S/c1-10-7-11(8-14)3-4-12(10)18(16,17)15-9-13(2)5-6-13/h3-4,7,15H,5-6,8-9,14H2,1-2H3. The molecule has 1 aliphatic rings. The van der Waals surface area contributed by atoms with Crippen LogP contribution in [-0.4, -0.2) is 15.0 Å². The third-order valence-electron chi connectivity index (χ3n) is 3.56. The molecule has 2 rings (SSSR count). The summed E-state index contributed by atoms with van der Waals surface area (Å²) in [4.78, 5) is 0.351. The second-order valence-electron chi connectivity index (χ2n) is 5.44. The smallest absolute Gasteiger partial charge is 0.240 e. The summed E-state index contributed by atoms with van der Waals surface area (Å²) in [5.74, 6) is 0. The van der Waals surface area contributed by atoms with Gasteiger partial charge in [0.05, 0.1) is 4.90 Å².